The van der Waals surface area contributed by atoms with Crippen molar-refractivity contribution in [1.82, 2.24) is 0 Å². The maximum Gasteiger partial charge on any atom is 1.00 e. The molecule has 10 heteroatoms. The molecular formula is C15H13LiO8S. The Balaban J connectivity index is 0.00000312. The Bertz CT molecular complexity index is 908. The van der Waals surface area contributed by atoms with Gasteiger partial charge in [0, 0.05) is 12.1 Å². The van der Waals surface area contributed by atoms with Crippen molar-refractivity contribution in [3.05, 3.63) is 41.5 Å². The number of rotatable bonds is 5. The Morgan fingerprint density at radius 1 is 1.00 bits per heavy atom. The Labute approximate surface area is 155 Å². The molecule has 0 aliphatic carbocycles. The average Bonchev–Trinajstić information content (AvgIpc) is 2.52. The van der Waals surface area contributed by atoms with Gasteiger partial charge in [0.15, 0.2) is 0 Å². The molecule has 0 radical (unpaired) electrons. The van der Waals surface area contributed by atoms with Crippen molar-refractivity contribution in [3.8, 4) is 23.0 Å². The molecule has 2 aromatic carbocycles. The number of phenols is 2. The van der Waals surface area contributed by atoms with Gasteiger partial charge >= 0.3 is 18.9 Å². The van der Waals surface area contributed by atoms with Crippen molar-refractivity contribution in [2.24, 2.45) is 0 Å². The third kappa shape index (κ3) is 4.27. The molecule has 0 fully saturated rings. The predicted molar refractivity (Wildman–Crippen MR) is 80.7 cm³/mol. The summed E-state index contributed by atoms with van der Waals surface area (Å²) in [4.78, 5) is 11.7. The summed E-state index contributed by atoms with van der Waals surface area (Å²) in [6.07, 6.45) is 0. The largest absolute Gasteiger partial charge is 1.00 e. The summed E-state index contributed by atoms with van der Waals surface area (Å²) < 4.78 is 43.5. The van der Waals surface area contributed by atoms with Gasteiger partial charge in [-0.1, -0.05) is 0 Å². The van der Waals surface area contributed by atoms with Crippen LogP contribution in [-0.2, 0) is 10.1 Å². The van der Waals surface area contributed by atoms with E-state index in [9.17, 15) is 28.0 Å². The Morgan fingerprint density at radius 3 is 2.08 bits per heavy atom. The second-order valence-electron chi connectivity index (χ2n) is 4.69. The van der Waals surface area contributed by atoms with Gasteiger partial charge in [0.05, 0.1) is 30.2 Å². The first-order chi connectivity index (χ1) is 11.2. The van der Waals surface area contributed by atoms with Crippen molar-refractivity contribution >= 4 is 15.9 Å². The van der Waals surface area contributed by atoms with E-state index < -0.39 is 43.6 Å². The van der Waals surface area contributed by atoms with Gasteiger partial charge in [-0.3, -0.25) is 4.79 Å². The fourth-order valence-corrected chi connectivity index (χ4v) is 2.71. The van der Waals surface area contributed by atoms with Gasteiger partial charge in [-0.2, -0.15) is 0 Å². The number of hydrogen-bond donors (Lipinski definition) is 2. The van der Waals surface area contributed by atoms with Gasteiger partial charge < -0.3 is 24.2 Å². The second-order valence-corrected chi connectivity index (χ2v) is 6.03. The summed E-state index contributed by atoms with van der Waals surface area (Å²) in [7, 11) is -2.46. The van der Waals surface area contributed by atoms with Gasteiger partial charge in [-0.15, -0.1) is 0 Å². The summed E-state index contributed by atoms with van der Waals surface area (Å²) in [6, 6.07) is 5.38. The molecular weight excluding hydrogens is 347 g/mol. The minimum Gasteiger partial charge on any atom is -0.744 e. The van der Waals surface area contributed by atoms with Crippen molar-refractivity contribution in [3.63, 3.8) is 0 Å². The molecule has 0 atom stereocenters. The SMILES string of the molecule is COc1ccc(C(=O)c2cc(S(=O)(=O)[O-])c(OC)cc2O)c(O)c1.[Li+]. The summed E-state index contributed by atoms with van der Waals surface area (Å²) >= 11 is 0. The molecule has 8 nitrogen and oxygen atoms in total. The van der Waals surface area contributed by atoms with E-state index in [1.54, 1.807) is 0 Å². The molecule has 0 saturated carbocycles. The third-order valence-electron chi connectivity index (χ3n) is 3.25. The summed E-state index contributed by atoms with van der Waals surface area (Å²) in [6.45, 7) is 0. The number of carbonyl (C=O) groups excluding carboxylic acids is 1. The average molecular weight is 360 g/mol. The fraction of sp³-hybridized carbons (Fsp3) is 0.133. The molecule has 0 bridgehead atoms. The van der Waals surface area contributed by atoms with E-state index in [1.165, 1.54) is 25.3 Å². The molecule has 0 saturated heterocycles. The zero-order chi connectivity index (χ0) is 18.1. The molecule has 0 amide bonds. The number of phenolic OH excluding ortho intramolecular Hbond substituents is 2. The van der Waals surface area contributed by atoms with Crippen LogP contribution in [0.4, 0.5) is 0 Å². The number of methoxy groups -OCH3 is 2. The summed E-state index contributed by atoms with van der Waals surface area (Å²) in [5.74, 6) is -2.00. The standard InChI is InChI=1S/C15H14O8S.Li/c1-22-8-3-4-9(11(16)5-8)15(18)10-6-14(24(19,20)21)13(23-2)7-12(10)17;/h3-7,16-17H,1-2H3,(H,19,20,21);/q;+1/p-1. The zero-order valence-electron chi connectivity index (χ0n) is 13.6. The molecule has 2 N–H and O–H groups in total. The van der Waals surface area contributed by atoms with Gasteiger partial charge in [-0.05, 0) is 18.2 Å². The molecule has 0 unspecified atom stereocenters. The number of benzene rings is 2. The Morgan fingerprint density at radius 2 is 1.60 bits per heavy atom. The summed E-state index contributed by atoms with van der Waals surface area (Å²) in [5.41, 5.74) is -0.670. The Hall–Kier alpha value is -2.18. The van der Waals surface area contributed by atoms with Gasteiger partial charge in [0.1, 0.15) is 33.1 Å². The molecule has 0 heterocycles. The normalized spacial score (nSPS) is 10.7. The molecule has 25 heavy (non-hydrogen) atoms. The van der Waals surface area contributed by atoms with E-state index >= 15 is 0 Å². The van der Waals surface area contributed by atoms with E-state index in [0.29, 0.717) is 11.8 Å². The van der Waals surface area contributed by atoms with Gasteiger partial charge in [0.2, 0.25) is 5.78 Å². The molecule has 0 spiro atoms. The minimum absolute atomic E-state index is 0. The summed E-state index contributed by atoms with van der Waals surface area (Å²) in [5, 5.41) is 19.8. The van der Waals surface area contributed by atoms with Crippen molar-refractivity contribution in [2.75, 3.05) is 14.2 Å². The molecule has 0 aliphatic heterocycles. The fourth-order valence-electron chi connectivity index (χ4n) is 2.06. The molecule has 2 rings (SSSR count). The van der Waals surface area contributed by atoms with E-state index in [2.05, 4.69) is 0 Å². The number of hydrogen-bond acceptors (Lipinski definition) is 8. The van der Waals surface area contributed by atoms with Gasteiger partial charge in [0.25, 0.3) is 0 Å². The van der Waals surface area contributed by atoms with Crippen molar-refractivity contribution in [1.29, 1.82) is 0 Å². The van der Waals surface area contributed by atoms with Crippen LogP contribution in [0.5, 0.6) is 23.0 Å². The van der Waals surface area contributed by atoms with Crippen LogP contribution in [0.2, 0.25) is 0 Å². The maximum absolute atomic E-state index is 12.5. The quantitative estimate of drug-likeness (QED) is 0.364. The number of ether oxygens (including phenoxy) is 2. The van der Waals surface area contributed by atoms with Crippen LogP contribution >= 0.6 is 0 Å². The van der Waals surface area contributed by atoms with Crippen molar-refractivity contribution < 1.29 is 56.3 Å². The van der Waals surface area contributed by atoms with E-state index in [4.69, 9.17) is 9.47 Å². The van der Waals surface area contributed by atoms with Crippen LogP contribution in [0.25, 0.3) is 0 Å². The maximum atomic E-state index is 12.5. The van der Waals surface area contributed by atoms with E-state index in [1.807, 2.05) is 0 Å². The van der Waals surface area contributed by atoms with Crippen LogP contribution in [0.15, 0.2) is 35.2 Å². The first-order valence-corrected chi connectivity index (χ1v) is 7.88. The Kier molecular flexibility index (Phi) is 6.51. The van der Waals surface area contributed by atoms with Crippen LogP contribution in [0.1, 0.15) is 15.9 Å². The van der Waals surface area contributed by atoms with E-state index in [0.717, 1.165) is 13.2 Å². The van der Waals surface area contributed by atoms with Crippen LogP contribution in [0.3, 0.4) is 0 Å². The zero-order valence-corrected chi connectivity index (χ0v) is 14.5. The first-order valence-electron chi connectivity index (χ1n) is 6.47. The smallest absolute Gasteiger partial charge is 0.744 e. The first kappa shape index (κ1) is 20.9. The van der Waals surface area contributed by atoms with Crippen molar-refractivity contribution in [2.45, 2.75) is 4.90 Å². The van der Waals surface area contributed by atoms with Crippen LogP contribution < -0.4 is 28.3 Å². The molecule has 0 aromatic heterocycles. The van der Waals surface area contributed by atoms with E-state index in [-0.39, 0.29) is 24.4 Å². The van der Waals surface area contributed by atoms with Crippen LogP contribution in [0, 0.1) is 0 Å². The van der Waals surface area contributed by atoms with Gasteiger partial charge in [-0.25, -0.2) is 8.42 Å². The number of ketones is 1. The minimum atomic E-state index is -4.94. The number of carbonyl (C=O) groups is 1. The molecule has 128 valence electrons. The molecule has 2 aromatic rings. The monoisotopic (exact) mass is 360 g/mol. The topological polar surface area (TPSA) is 133 Å². The number of aromatic hydroxyl groups is 2. The third-order valence-corrected chi connectivity index (χ3v) is 4.10. The van der Waals surface area contributed by atoms with Crippen LogP contribution in [-0.4, -0.2) is 43.2 Å². The second kappa shape index (κ2) is 7.80. The molecule has 0 aliphatic rings. The predicted octanol–water partition coefficient (Wildman–Crippen LogP) is -1.75.